The molecule has 9 heteroatoms. The van der Waals surface area contributed by atoms with E-state index in [-0.39, 0.29) is 12.5 Å². The SMILES string of the molecule is CCC(C(=O)NC(C)(C)C)N(Cc1cccc(C)c1)C(=O)CN(c1ccccc1Br)S(C)(=O)=O. The van der Waals surface area contributed by atoms with E-state index in [1.165, 1.54) is 4.90 Å². The van der Waals surface area contributed by atoms with Crippen LogP contribution in [0.3, 0.4) is 0 Å². The molecule has 0 spiro atoms. The zero-order valence-corrected chi connectivity index (χ0v) is 23.0. The third-order valence-electron chi connectivity index (χ3n) is 5.12. The molecule has 0 aliphatic carbocycles. The minimum Gasteiger partial charge on any atom is -0.350 e. The summed E-state index contributed by atoms with van der Waals surface area (Å²) in [7, 11) is -3.77. The first kappa shape index (κ1) is 27.9. The summed E-state index contributed by atoms with van der Waals surface area (Å²) in [6, 6.07) is 13.8. The number of carbonyl (C=O) groups excluding carboxylic acids is 2. The minimum atomic E-state index is -3.77. The molecule has 0 bridgehead atoms. The monoisotopic (exact) mass is 551 g/mol. The van der Waals surface area contributed by atoms with Crippen LogP contribution in [0.2, 0.25) is 0 Å². The van der Waals surface area contributed by atoms with Crippen molar-refractivity contribution in [1.29, 1.82) is 0 Å². The second-order valence-corrected chi connectivity index (χ2v) is 12.2. The fourth-order valence-corrected chi connectivity index (χ4v) is 5.11. The number of carbonyl (C=O) groups is 2. The Morgan fingerprint density at radius 1 is 1.09 bits per heavy atom. The van der Waals surface area contributed by atoms with E-state index in [4.69, 9.17) is 0 Å². The lowest BCUT2D eigenvalue weighted by atomic mass is 10.0. The lowest BCUT2D eigenvalue weighted by Gasteiger charge is -2.34. The van der Waals surface area contributed by atoms with E-state index in [1.807, 2.05) is 58.9 Å². The predicted octanol–water partition coefficient (Wildman–Crippen LogP) is 4.25. The second-order valence-electron chi connectivity index (χ2n) is 9.40. The summed E-state index contributed by atoms with van der Waals surface area (Å²) in [5.74, 6) is -0.735. The molecule has 0 aliphatic rings. The van der Waals surface area contributed by atoms with E-state index < -0.39 is 34.1 Å². The Kier molecular flexibility index (Phi) is 9.30. The predicted molar refractivity (Wildman–Crippen MR) is 140 cm³/mol. The van der Waals surface area contributed by atoms with Crippen LogP contribution in [-0.4, -0.2) is 49.5 Å². The highest BCUT2D eigenvalue weighted by Gasteiger charge is 2.33. The summed E-state index contributed by atoms with van der Waals surface area (Å²) < 4.78 is 26.9. The Bertz CT molecular complexity index is 1130. The third-order valence-corrected chi connectivity index (χ3v) is 6.92. The standard InChI is InChI=1S/C25H34BrN3O4S/c1-7-21(24(31)27-25(3,4)5)28(16-19-12-10-11-18(2)15-19)23(30)17-29(34(6,32)33)22-14-9-8-13-20(22)26/h8-15,21H,7,16-17H2,1-6H3,(H,27,31). The maximum absolute atomic E-state index is 13.7. The van der Waals surface area contributed by atoms with Gasteiger partial charge >= 0.3 is 0 Å². The van der Waals surface area contributed by atoms with E-state index >= 15 is 0 Å². The zero-order chi connectivity index (χ0) is 25.7. The van der Waals surface area contributed by atoms with Gasteiger partial charge in [-0.15, -0.1) is 0 Å². The van der Waals surface area contributed by atoms with Crippen molar-refractivity contribution in [3.8, 4) is 0 Å². The summed E-state index contributed by atoms with van der Waals surface area (Å²) in [5.41, 5.74) is 1.78. The van der Waals surface area contributed by atoms with Gasteiger partial charge in [0.15, 0.2) is 0 Å². The Balaban J connectivity index is 2.48. The molecule has 1 unspecified atom stereocenters. The quantitative estimate of drug-likeness (QED) is 0.504. The molecule has 0 saturated heterocycles. The van der Waals surface area contributed by atoms with Gasteiger partial charge in [-0.25, -0.2) is 8.42 Å². The Morgan fingerprint density at radius 3 is 2.26 bits per heavy atom. The van der Waals surface area contributed by atoms with Gasteiger partial charge in [-0.2, -0.15) is 0 Å². The maximum Gasteiger partial charge on any atom is 0.244 e. The number of aryl methyl sites for hydroxylation is 1. The fraction of sp³-hybridized carbons (Fsp3) is 0.440. The van der Waals surface area contributed by atoms with Gasteiger partial charge in [0.05, 0.1) is 11.9 Å². The molecule has 2 aromatic rings. The number of sulfonamides is 1. The summed E-state index contributed by atoms with van der Waals surface area (Å²) in [6.07, 6.45) is 1.45. The van der Waals surface area contributed by atoms with Crippen LogP contribution in [0, 0.1) is 6.92 Å². The van der Waals surface area contributed by atoms with Crippen LogP contribution in [0.15, 0.2) is 53.0 Å². The average molecular weight is 553 g/mol. The molecule has 34 heavy (non-hydrogen) atoms. The number of anilines is 1. The first-order chi connectivity index (χ1) is 15.7. The molecule has 0 aromatic heterocycles. The third kappa shape index (κ3) is 7.84. The molecule has 2 aromatic carbocycles. The molecule has 2 rings (SSSR count). The van der Waals surface area contributed by atoms with Crippen LogP contribution < -0.4 is 9.62 Å². The van der Waals surface area contributed by atoms with Crippen LogP contribution >= 0.6 is 15.9 Å². The number of nitrogens with one attached hydrogen (secondary N) is 1. The van der Waals surface area contributed by atoms with Gasteiger partial charge in [-0.3, -0.25) is 13.9 Å². The van der Waals surface area contributed by atoms with E-state index in [2.05, 4.69) is 21.2 Å². The first-order valence-corrected chi connectivity index (χ1v) is 13.8. The molecule has 1 atom stereocenters. The Morgan fingerprint density at radius 2 is 1.74 bits per heavy atom. The van der Waals surface area contributed by atoms with Crippen molar-refractivity contribution in [3.05, 3.63) is 64.1 Å². The van der Waals surface area contributed by atoms with Crippen LogP contribution in [0.25, 0.3) is 0 Å². The molecule has 0 fully saturated rings. The molecule has 2 amide bonds. The fourth-order valence-electron chi connectivity index (χ4n) is 3.63. The van der Waals surface area contributed by atoms with Crippen molar-refractivity contribution < 1.29 is 18.0 Å². The highest BCUT2D eigenvalue weighted by molar-refractivity contribution is 9.10. The lowest BCUT2D eigenvalue weighted by Crippen LogP contribution is -2.55. The van der Waals surface area contributed by atoms with Crippen molar-refractivity contribution in [2.45, 2.75) is 59.2 Å². The maximum atomic E-state index is 13.7. The van der Waals surface area contributed by atoms with Crippen molar-refractivity contribution >= 4 is 43.5 Å². The minimum absolute atomic E-state index is 0.185. The van der Waals surface area contributed by atoms with Crippen LogP contribution in [0.5, 0.6) is 0 Å². The van der Waals surface area contributed by atoms with E-state index in [0.29, 0.717) is 16.6 Å². The topological polar surface area (TPSA) is 86.8 Å². The smallest absolute Gasteiger partial charge is 0.244 e. The van der Waals surface area contributed by atoms with Gasteiger partial charge in [-0.1, -0.05) is 48.9 Å². The number of benzene rings is 2. The van der Waals surface area contributed by atoms with Gasteiger partial charge in [-0.05, 0) is 67.7 Å². The van der Waals surface area contributed by atoms with Crippen LogP contribution in [0.4, 0.5) is 5.69 Å². The van der Waals surface area contributed by atoms with Crippen molar-refractivity contribution in [3.63, 3.8) is 0 Å². The first-order valence-electron chi connectivity index (χ1n) is 11.1. The normalized spacial score (nSPS) is 12.7. The lowest BCUT2D eigenvalue weighted by molar-refractivity contribution is -0.141. The van der Waals surface area contributed by atoms with Gasteiger partial charge in [0.1, 0.15) is 12.6 Å². The summed E-state index contributed by atoms with van der Waals surface area (Å²) in [5, 5.41) is 2.95. The molecule has 7 nitrogen and oxygen atoms in total. The van der Waals surface area contributed by atoms with Crippen LogP contribution in [-0.2, 0) is 26.2 Å². The highest BCUT2D eigenvalue weighted by Crippen LogP contribution is 2.28. The van der Waals surface area contributed by atoms with Crippen LogP contribution in [0.1, 0.15) is 45.2 Å². The number of hydrogen-bond donors (Lipinski definition) is 1. The molecule has 1 N–H and O–H groups in total. The van der Waals surface area contributed by atoms with Gasteiger partial charge in [0.25, 0.3) is 0 Å². The van der Waals surface area contributed by atoms with Crippen molar-refractivity contribution in [2.75, 3.05) is 17.1 Å². The molecule has 0 aliphatic heterocycles. The molecular formula is C25H34BrN3O4S. The van der Waals surface area contributed by atoms with E-state index in [1.54, 1.807) is 24.3 Å². The largest absolute Gasteiger partial charge is 0.350 e. The Labute approximate surface area is 211 Å². The molecule has 0 saturated carbocycles. The van der Waals surface area contributed by atoms with Gasteiger partial charge < -0.3 is 10.2 Å². The number of hydrogen-bond acceptors (Lipinski definition) is 4. The second kappa shape index (κ2) is 11.4. The zero-order valence-electron chi connectivity index (χ0n) is 20.6. The average Bonchev–Trinajstić information content (AvgIpc) is 2.70. The van der Waals surface area contributed by atoms with Crippen molar-refractivity contribution in [2.24, 2.45) is 0 Å². The van der Waals surface area contributed by atoms with Gasteiger partial charge in [0.2, 0.25) is 21.8 Å². The number of amides is 2. The van der Waals surface area contributed by atoms with E-state index in [0.717, 1.165) is 21.7 Å². The number of halogens is 1. The summed E-state index contributed by atoms with van der Waals surface area (Å²) in [6.45, 7) is 9.19. The van der Waals surface area contributed by atoms with Crippen molar-refractivity contribution in [1.82, 2.24) is 10.2 Å². The van der Waals surface area contributed by atoms with E-state index in [9.17, 15) is 18.0 Å². The molecule has 186 valence electrons. The number of nitrogens with zero attached hydrogens (tertiary/aromatic N) is 2. The summed E-state index contributed by atoms with van der Waals surface area (Å²) in [4.78, 5) is 28.3. The summed E-state index contributed by atoms with van der Waals surface area (Å²) >= 11 is 3.38. The molecule has 0 heterocycles. The van der Waals surface area contributed by atoms with Gasteiger partial charge in [0, 0.05) is 16.6 Å². The number of para-hydroxylation sites is 1. The number of rotatable bonds is 9. The molecular weight excluding hydrogens is 518 g/mol. The molecule has 0 radical (unpaired) electrons. The highest BCUT2D eigenvalue weighted by atomic mass is 79.9. The Hall–Kier alpha value is -2.39.